The van der Waals surface area contributed by atoms with Crippen molar-refractivity contribution in [2.45, 2.75) is 26.3 Å². The molecule has 0 saturated heterocycles. The van der Waals surface area contributed by atoms with Crippen molar-refractivity contribution < 1.29 is 10.0 Å². The third-order valence-electron chi connectivity index (χ3n) is 3.56. The first-order chi connectivity index (χ1) is 11.1. The van der Waals surface area contributed by atoms with Gasteiger partial charge in [0.2, 0.25) is 0 Å². The topological polar surface area (TPSA) is 71.3 Å². The van der Waals surface area contributed by atoms with Crippen LogP contribution in [0.4, 0.5) is 0 Å². The van der Waals surface area contributed by atoms with E-state index in [0.717, 1.165) is 18.9 Å². The van der Waals surface area contributed by atoms with Crippen molar-refractivity contribution in [2.75, 3.05) is 0 Å². The number of hydrogen-bond acceptors (Lipinski definition) is 3. The Morgan fingerprint density at radius 3 is 2.70 bits per heavy atom. The smallest absolute Gasteiger partial charge is 0.267 e. The second-order valence-corrected chi connectivity index (χ2v) is 5.36. The number of nitrogens with one attached hydrogen (secondary N) is 1. The number of amides is 1. The molecule has 23 heavy (non-hydrogen) atoms. The molecule has 2 rings (SSSR count). The van der Waals surface area contributed by atoms with Gasteiger partial charge in [-0.1, -0.05) is 29.8 Å². The van der Waals surface area contributed by atoms with Gasteiger partial charge < -0.3 is 4.57 Å². The Kier molecular flexibility index (Phi) is 5.88. The van der Waals surface area contributed by atoms with Crippen molar-refractivity contribution in [2.24, 2.45) is 0 Å². The van der Waals surface area contributed by atoms with Crippen LogP contribution in [-0.4, -0.2) is 15.7 Å². The maximum Gasteiger partial charge on any atom is 0.267 e. The molecule has 120 valence electrons. The van der Waals surface area contributed by atoms with Crippen LogP contribution in [0.5, 0.6) is 0 Å². The van der Waals surface area contributed by atoms with Gasteiger partial charge in [0.25, 0.3) is 11.5 Å². The van der Waals surface area contributed by atoms with E-state index < -0.39 is 5.91 Å². The minimum absolute atomic E-state index is 0.154. The Balaban J connectivity index is 2.00. The lowest BCUT2D eigenvalue weighted by atomic mass is 10.1. The van der Waals surface area contributed by atoms with E-state index in [4.69, 9.17) is 5.21 Å². The van der Waals surface area contributed by atoms with E-state index in [0.29, 0.717) is 12.1 Å². The maximum atomic E-state index is 12.3. The number of aromatic nitrogens is 1. The highest BCUT2D eigenvalue weighted by atomic mass is 16.5. The van der Waals surface area contributed by atoms with Crippen molar-refractivity contribution >= 4 is 12.0 Å². The van der Waals surface area contributed by atoms with Crippen LogP contribution in [0.2, 0.25) is 0 Å². The van der Waals surface area contributed by atoms with Crippen molar-refractivity contribution in [1.29, 1.82) is 0 Å². The standard InChI is InChI=1S/C18H20N2O3/c1-14-6-8-15(9-7-14)4-2-12-20-13-3-5-16(18(20)22)10-11-17(21)19-23/h3,5-11,13,23H,2,4,12H2,1H3,(H,19,21)/b11-10+. The molecule has 0 fully saturated rings. The number of hydroxylamine groups is 1. The molecule has 1 aromatic carbocycles. The number of carbonyl (C=O) groups excluding carboxylic acids is 1. The first-order valence-corrected chi connectivity index (χ1v) is 7.47. The number of hydrogen-bond donors (Lipinski definition) is 2. The van der Waals surface area contributed by atoms with Crippen molar-refractivity contribution in [3.8, 4) is 0 Å². The molecular formula is C18H20N2O3. The van der Waals surface area contributed by atoms with Gasteiger partial charge in [-0.05, 0) is 43.5 Å². The third kappa shape index (κ3) is 4.93. The molecule has 1 heterocycles. The van der Waals surface area contributed by atoms with Gasteiger partial charge >= 0.3 is 0 Å². The summed E-state index contributed by atoms with van der Waals surface area (Å²) in [5.74, 6) is -0.667. The van der Waals surface area contributed by atoms with Crippen molar-refractivity contribution in [3.63, 3.8) is 0 Å². The monoisotopic (exact) mass is 312 g/mol. The van der Waals surface area contributed by atoms with Crippen LogP contribution in [-0.2, 0) is 17.8 Å². The number of benzene rings is 1. The summed E-state index contributed by atoms with van der Waals surface area (Å²) in [6.45, 7) is 2.67. The molecule has 0 unspecified atom stereocenters. The maximum absolute atomic E-state index is 12.3. The predicted molar refractivity (Wildman–Crippen MR) is 89.2 cm³/mol. The zero-order chi connectivity index (χ0) is 16.7. The van der Waals surface area contributed by atoms with Crippen LogP contribution < -0.4 is 11.0 Å². The first-order valence-electron chi connectivity index (χ1n) is 7.47. The SMILES string of the molecule is Cc1ccc(CCCn2cccc(/C=C/C(=O)NO)c2=O)cc1. The second-order valence-electron chi connectivity index (χ2n) is 5.36. The minimum Gasteiger partial charge on any atom is -0.315 e. The molecule has 0 saturated carbocycles. The lowest BCUT2D eigenvalue weighted by Gasteiger charge is -2.07. The van der Waals surface area contributed by atoms with E-state index in [-0.39, 0.29) is 5.56 Å². The van der Waals surface area contributed by atoms with Crippen LogP contribution in [0.25, 0.3) is 6.08 Å². The molecule has 5 heteroatoms. The molecule has 0 aliphatic carbocycles. The number of nitrogens with zero attached hydrogens (tertiary/aromatic N) is 1. The van der Waals surface area contributed by atoms with E-state index >= 15 is 0 Å². The predicted octanol–water partition coefficient (Wildman–Crippen LogP) is 2.31. The highest BCUT2D eigenvalue weighted by Crippen LogP contribution is 2.06. The third-order valence-corrected chi connectivity index (χ3v) is 3.56. The Bertz CT molecular complexity index is 746. The molecule has 0 radical (unpaired) electrons. The highest BCUT2D eigenvalue weighted by Gasteiger charge is 2.02. The first kappa shape index (κ1) is 16.7. The van der Waals surface area contributed by atoms with Crippen LogP contribution in [0.15, 0.2) is 53.5 Å². The Morgan fingerprint density at radius 2 is 2.00 bits per heavy atom. The molecule has 0 aliphatic heterocycles. The molecule has 2 N–H and O–H groups in total. The summed E-state index contributed by atoms with van der Waals surface area (Å²) < 4.78 is 1.63. The fraction of sp³-hybridized carbons (Fsp3) is 0.222. The Morgan fingerprint density at radius 1 is 1.26 bits per heavy atom. The summed E-state index contributed by atoms with van der Waals surface area (Å²) in [7, 11) is 0. The van der Waals surface area contributed by atoms with E-state index in [1.807, 2.05) is 0 Å². The van der Waals surface area contributed by atoms with Crippen molar-refractivity contribution in [1.82, 2.24) is 10.0 Å². The largest absolute Gasteiger partial charge is 0.315 e. The fourth-order valence-electron chi connectivity index (χ4n) is 2.27. The molecule has 2 aromatic rings. The number of rotatable bonds is 6. The van der Waals surface area contributed by atoms with Gasteiger partial charge in [0, 0.05) is 24.4 Å². The molecule has 1 amide bonds. The van der Waals surface area contributed by atoms with Crippen LogP contribution >= 0.6 is 0 Å². The quantitative estimate of drug-likeness (QED) is 0.488. The average Bonchev–Trinajstić information content (AvgIpc) is 2.56. The molecule has 0 spiro atoms. The average molecular weight is 312 g/mol. The zero-order valence-corrected chi connectivity index (χ0v) is 13.0. The minimum atomic E-state index is -0.667. The highest BCUT2D eigenvalue weighted by molar-refractivity contribution is 5.90. The van der Waals surface area contributed by atoms with Gasteiger partial charge in [-0.2, -0.15) is 0 Å². The molecule has 1 aromatic heterocycles. The summed E-state index contributed by atoms with van der Waals surface area (Å²) in [5, 5.41) is 8.44. The normalized spacial score (nSPS) is 10.9. The number of aryl methyl sites for hydroxylation is 3. The molecular weight excluding hydrogens is 292 g/mol. The summed E-state index contributed by atoms with van der Waals surface area (Å²) >= 11 is 0. The zero-order valence-electron chi connectivity index (χ0n) is 13.0. The molecule has 0 atom stereocenters. The summed E-state index contributed by atoms with van der Waals surface area (Å²) in [5.41, 5.74) is 4.23. The van der Waals surface area contributed by atoms with Gasteiger partial charge in [0.15, 0.2) is 0 Å². The molecule has 0 bridgehead atoms. The number of carbonyl (C=O) groups is 1. The van der Waals surface area contributed by atoms with Gasteiger partial charge in [-0.15, -0.1) is 0 Å². The summed E-state index contributed by atoms with van der Waals surface area (Å²) in [4.78, 5) is 23.3. The molecule has 5 nitrogen and oxygen atoms in total. The van der Waals surface area contributed by atoms with Gasteiger partial charge in [-0.3, -0.25) is 14.8 Å². The van der Waals surface area contributed by atoms with Gasteiger partial charge in [0.05, 0.1) is 0 Å². The fourth-order valence-corrected chi connectivity index (χ4v) is 2.27. The van der Waals surface area contributed by atoms with Crippen molar-refractivity contribution in [3.05, 3.63) is 75.7 Å². The van der Waals surface area contributed by atoms with Crippen LogP contribution in [0.1, 0.15) is 23.1 Å². The summed E-state index contributed by atoms with van der Waals surface area (Å²) in [6.07, 6.45) is 6.01. The summed E-state index contributed by atoms with van der Waals surface area (Å²) in [6, 6.07) is 11.8. The molecule has 0 aliphatic rings. The van der Waals surface area contributed by atoms with Gasteiger partial charge in [0.1, 0.15) is 0 Å². The van der Waals surface area contributed by atoms with Gasteiger partial charge in [-0.25, -0.2) is 5.48 Å². The van der Waals surface area contributed by atoms with Crippen LogP contribution in [0, 0.1) is 6.92 Å². The van der Waals surface area contributed by atoms with Crippen LogP contribution in [0.3, 0.4) is 0 Å². The van der Waals surface area contributed by atoms with E-state index in [1.165, 1.54) is 22.7 Å². The van der Waals surface area contributed by atoms with E-state index in [1.54, 1.807) is 22.9 Å². The second kappa shape index (κ2) is 8.10. The lowest BCUT2D eigenvalue weighted by Crippen LogP contribution is -2.22. The van der Waals surface area contributed by atoms with E-state index in [9.17, 15) is 9.59 Å². The lowest BCUT2D eigenvalue weighted by molar-refractivity contribution is -0.124. The number of pyridine rings is 1. The Hall–Kier alpha value is -2.66. The Labute approximate surface area is 134 Å². The van der Waals surface area contributed by atoms with E-state index in [2.05, 4.69) is 31.2 Å².